The molecule has 30 heavy (non-hydrogen) atoms. The molecule has 0 saturated carbocycles. The van der Waals surface area contributed by atoms with E-state index < -0.39 is 0 Å². The van der Waals surface area contributed by atoms with Gasteiger partial charge in [-0.1, -0.05) is 24.3 Å². The van der Waals surface area contributed by atoms with Crippen molar-refractivity contribution >= 4 is 10.9 Å². The lowest BCUT2D eigenvalue weighted by Crippen LogP contribution is -2.07. The van der Waals surface area contributed by atoms with Gasteiger partial charge in [-0.2, -0.15) is 0 Å². The molecule has 0 unspecified atom stereocenters. The van der Waals surface area contributed by atoms with Gasteiger partial charge in [-0.05, 0) is 59.5 Å². The number of rotatable bonds is 5. The summed E-state index contributed by atoms with van der Waals surface area (Å²) in [4.78, 5) is 13.5. The van der Waals surface area contributed by atoms with Gasteiger partial charge in [0.1, 0.15) is 0 Å². The minimum atomic E-state index is 0.163. The van der Waals surface area contributed by atoms with Gasteiger partial charge in [-0.3, -0.25) is 15.0 Å². The molecule has 4 heterocycles. The summed E-state index contributed by atoms with van der Waals surface area (Å²) in [6.45, 7) is 0. The van der Waals surface area contributed by atoms with Crippen LogP contribution in [0, 0.1) is 0 Å². The van der Waals surface area contributed by atoms with Crippen molar-refractivity contribution in [2.45, 2.75) is 12.3 Å². The first kappa shape index (κ1) is 18.3. The average Bonchev–Trinajstić information content (AvgIpc) is 3.19. The van der Waals surface area contributed by atoms with E-state index in [1.165, 1.54) is 27.6 Å². The van der Waals surface area contributed by atoms with Crippen LogP contribution in [0.3, 0.4) is 0 Å². The Balaban J connectivity index is 1.58. The van der Waals surface area contributed by atoms with Crippen molar-refractivity contribution in [3.8, 4) is 11.3 Å². The second-order valence-electron chi connectivity index (χ2n) is 7.54. The summed E-state index contributed by atoms with van der Waals surface area (Å²) >= 11 is 0. The predicted molar refractivity (Wildman–Crippen MR) is 120 cm³/mol. The highest BCUT2D eigenvalue weighted by atomic mass is 14.9. The molecule has 0 radical (unpaired) electrons. The molecule has 0 aliphatic heterocycles. The quantitative estimate of drug-likeness (QED) is 0.403. The number of pyridine rings is 3. The number of hydrogen-bond acceptors (Lipinski definition) is 3. The van der Waals surface area contributed by atoms with Gasteiger partial charge in [0.05, 0.1) is 5.69 Å². The van der Waals surface area contributed by atoms with Crippen molar-refractivity contribution in [3.05, 3.63) is 115 Å². The van der Waals surface area contributed by atoms with Gasteiger partial charge in [0.2, 0.25) is 0 Å². The minimum Gasteiger partial charge on any atom is -0.351 e. The van der Waals surface area contributed by atoms with Crippen LogP contribution in [0.25, 0.3) is 22.2 Å². The van der Waals surface area contributed by atoms with Crippen LogP contribution in [0.4, 0.5) is 0 Å². The fourth-order valence-corrected chi connectivity index (χ4v) is 4.10. The van der Waals surface area contributed by atoms with Crippen molar-refractivity contribution in [2.24, 2.45) is 7.05 Å². The molecule has 0 bridgehead atoms. The summed E-state index contributed by atoms with van der Waals surface area (Å²) in [7, 11) is 2.07. The van der Waals surface area contributed by atoms with E-state index in [-0.39, 0.29) is 5.92 Å². The SMILES string of the molecule is Cn1ccc2cc(-c3ncccc3CC(c3cccnc3)c3cccnc3)ccc21. The highest BCUT2D eigenvalue weighted by Crippen LogP contribution is 2.32. The molecule has 4 nitrogen and oxygen atoms in total. The Morgan fingerprint density at radius 1 is 0.833 bits per heavy atom. The molecule has 5 aromatic rings. The lowest BCUT2D eigenvalue weighted by Gasteiger charge is -2.19. The topological polar surface area (TPSA) is 43.6 Å². The van der Waals surface area contributed by atoms with E-state index in [0.29, 0.717) is 0 Å². The van der Waals surface area contributed by atoms with Crippen LogP contribution in [0.1, 0.15) is 22.6 Å². The molecule has 5 rings (SSSR count). The van der Waals surface area contributed by atoms with Crippen LogP contribution in [-0.2, 0) is 13.5 Å². The van der Waals surface area contributed by atoms with Crippen LogP contribution in [0.2, 0.25) is 0 Å². The number of hydrogen-bond donors (Lipinski definition) is 0. The number of fused-ring (bicyclic) bond motifs is 1. The fraction of sp³-hybridized carbons (Fsp3) is 0.115. The molecule has 0 N–H and O–H groups in total. The first-order valence-electron chi connectivity index (χ1n) is 10.1. The van der Waals surface area contributed by atoms with Gasteiger partial charge < -0.3 is 4.57 Å². The van der Waals surface area contributed by atoms with Gasteiger partial charge >= 0.3 is 0 Å². The Kier molecular flexibility index (Phi) is 4.81. The maximum atomic E-state index is 4.76. The van der Waals surface area contributed by atoms with Gasteiger partial charge in [0.15, 0.2) is 0 Å². The number of aromatic nitrogens is 4. The highest BCUT2D eigenvalue weighted by Gasteiger charge is 2.18. The third-order valence-corrected chi connectivity index (χ3v) is 5.65. The summed E-state index contributed by atoms with van der Waals surface area (Å²) in [5.41, 5.74) is 6.96. The first-order chi connectivity index (χ1) is 14.8. The first-order valence-corrected chi connectivity index (χ1v) is 10.1. The predicted octanol–water partition coefficient (Wildman–Crippen LogP) is 5.40. The second kappa shape index (κ2) is 7.91. The molecular formula is C26H22N4. The van der Waals surface area contributed by atoms with Crippen molar-refractivity contribution in [1.82, 2.24) is 19.5 Å². The number of aryl methyl sites for hydroxylation is 1. The summed E-state index contributed by atoms with van der Waals surface area (Å²) in [5, 5.41) is 1.22. The van der Waals surface area contributed by atoms with Gasteiger partial charge in [-0.25, -0.2) is 0 Å². The molecule has 0 aliphatic carbocycles. The van der Waals surface area contributed by atoms with Crippen molar-refractivity contribution in [1.29, 1.82) is 0 Å². The Hall–Kier alpha value is -3.79. The summed E-state index contributed by atoms with van der Waals surface area (Å²) in [5.74, 6) is 0.163. The van der Waals surface area contributed by atoms with Crippen LogP contribution >= 0.6 is 0 Å². The number of nitrogens with zero attached hydrogens (tertiary/aromatic N) is 4. The highest BCUT2D eigenvalue weighted by molar-refractivity contribution is 5.85. The summed E-state index contributed by atoms with van der Waals surface area (Å²) < 4.78 is 2.14. The van der Waals surface area contributed by atoms with E-state index in [1.807, 2.05) is 49.2 Å². The molecule has 0 fully saturated rings. The Labute approximate surface area is 175 Å². The molecule has 1 aromatic carbocycles. The number of benzene rings is 1. The largest absolute Gasteiger partial charge is 0.351 e. The fourth-order valence-electron chi connectivity index (χ4n) is 4.10. The maximum Gasteiger partial charge on any atom is 0.0734 e. The molecule has 4 heteroatoms. The lowest BCUT2D eigenvalue weighted by molar-refractivity contribution is 0.792. The van der Waals surface area contributed by atoms with E-state index in [2.05, 4.69) is 70.2 Å². The van der Waals surface area contributed by atoms with Gasteiger partial charge in [-0.15, -0.1) is 0 Å². The molecule has 146 valence electrons. The standard InChI is InChI=1S/C26H22N4/c1-30-14-10-19-15-21(8-9-25(19)30)26-20(5-4-13-29-26)16-24(22-6-2-11-27-17-22)23-7-3-12-28-18-23/h2-15,17-18,24H,16H2,1H3. The van der Waals surface area contributed by atoms with E-state index in [0.717, 1.165) is 17.7 Å². The van der Waals surface area contributed by atoms with Crippen molar-refractivity contribution in [2.75, 3.05) is 0 Å². The van der Waals surface area contributed by atoms with E-state index in [1.54, 1.807) is 0 Å². The zero-order valence-corrected chi connectivity index (χ0v) is 16.8. The van der Waals surface area contributed by atoms with Gasteiger partial charge in [0.25, 0.3) is 0 Å². The summed E-state index contributed by atoms with van der Waals surface area (Å²) in [6.07, 6.45) is 12.3. The second-order valence-corrected chi connectivity index (χ2v) is 7.54. The van der Waals surface area contributed by atoms with Crippen LogP contribution in [0.5, 0.6) is 0 Å². The van der Waals surface area contributed by atoms with Crippen molar-refractivity contribution in [3.63, 3.8) is 0 Å². The molecule has 0 spiro atoms. The zero-order valence-electron chi connectivity index (χ0n) is 16.8. The Bertz CT molecular complexity index is 1240. The Morgan fingerprint density at radius 2 is 1.57 bits per heavy atom. The molecule has 4 aromatic heterocycles. The third-order valence-electron chi connectivity index (χ3n) is 5.65. The van der Waals surface area contributed by atoms with E-state index >= 15 is 0 Å². The van der Waals surface area contributed by atoms with Crippen LogP contribution in [-0.4, -0.2) is 19.5 Å². The normalized spacial score (nSPS) is 11.3. The maximum absolute atomic E-state index is 4.76. The average molecular weight is 390 g/mol. The van der Waals surface area contributed by atoms with Gasteiger partial charge in [0, 0.05) is 66.6 Å². The van der Waals surface area contributed by atoms with Crippen molar-refractivity contribution < 1.29 is 0 Å². The molecule has 0 saturated heterocycles. The molecule has 0 amide bonds. The van der Waals surface area contributed by atoms with Crippen LogP contribution in [0.15, 0.2) is 97.8 Å². The zero-order chi connectivity index (χ0) is 20.3. The Morgan fingerprint density at radius 3 is 2.27 bits per heavy atom. The van der Waals surface area contributed by atoms with E-state index in [4.69, 9.17) is 4.98 Å². The molecule has 0 atom stereocenters. The minimum absolute atomic E-state index is 0.163. The smallest absolute Gasteiger partial charge is 0.0734 e. The summed E-state index contributed by atoms with van der Waals surface area (Å²) in [6, 6.07) is 21.2. The molecule has 0 aliphatic rings. The van der Waals surface area contributed by atoms with E-state index in [9.17, 15) is 0 Å². The third kappa shape index (κ3) is 3.48. The van der Waals surface area contributed by atoms with Crippen LogP contribution < -0.4 is 0 Å². The lowest BCUT2D eigenvalue weighted by atomic mass is 9.86. The monoisotopic (exact) mass is 390 g/mol. The molecular weight excluding hydrogens is 368 g/mol.